The Labute approximate surface area is 103 Å². The second-order valence-corrected chi connectivity index (χ2v) is 5.18. The van der Waals surface area contributed by atoms with Gasteiger partial charge < -0.3 is 10.6 Å². The zero-order chi connectivity index (χ0) is 12.4. The molecule has 94 valence electrons. The minimum atomic E-state index is -0.144. The van der Waals surface area contributed by atoms with Gasteiger partial charge in [0.05, 0.1) is 5.69 Å². The fraction of sp³-hybridized carbons (Fsp3) is 0.571. The molecule has 1 aliphatic rings. The summed E-state index contributed by atoms with van der Waals surface area (Å²) in [5.74, 6) is 1.21. The fourth-order valence-corrected chi connectivity index (χ4v) is 2.42. The van der Waals surface area contributed by atoms with Crippen molar-refractivity contribution in [3.8, 4) is 0 Å². The van der Waals surface area contributed by atoms with Gasteiger partial charge in [0.1, 0.15) is 5.82 Å². The highest BCUT2D eigenvalue weighted by Gasteiger charge is 2.24. The molecule has 2 atom stereocenters. The van der Waals surface area contributed by atoms with E-state index in [4.69, 9.17) is 5.73 Å². The number of piperidine rings is 1. The molecule has 0 aromatic heterocycles. The van der Waals surface area contributed by atoms with Crippen LogP contribution in [0.2, 0.25) is 0 Å². The lowest BCUT2D eigenvalue weighted by atomic mass is 9.88. The van der Waals surface area contributed by atoms with Crippen LogP contribution in [0.4, 0.5) is 10.1 Å². The minimum absolute atomic E-state index is 0.144. The van der Waals surface area contributed by atoms with Crippen LogP contribution in [0.25, 0.3) is 0 Å². The van der Waals surface area contributed by atoms with Gasteiger partial charge in [-0.05, 0) is 36.0 Å². The maximum atomic E-state index is 13.9. The molecule has 1 saturated heterocycles. The van der Waals surface area contributed by atoms with Crippen molar-refractivity contribution in [3.05, 3.63) is 29.6 Å². The van der Waals surface area contributed by atoms with Crippen molar-refractivity contribution < 1.29 is 4.39 Å². The Morgan fingerprint density at radius 1 is 1.35 bits per heavy atom. The van der Waals surface area contributed by atoms with Gasteiger partial charge in [-0.2, -0.15) is 0 Å². The van der Waals surface area contributed by atoms with Gasteiger partial charge in [-0.15, -0.1) is 0 Å². The summed E-state index contributed by atoms with van der Waals surface area (Å²) < 4.78 is 13.9. The monoisotopic (exact) mass is 236 g/mol. The summed E-state index contributed by atoms with van der Waals surface area (Å²) in [6.45, 7) is 6.80. The van der Waals surface area contributed by atoms with Crippen LogP contribution >= 0.6 is 0 Å². The van der Waals surface area contributed by atoms with Crippen LogP contribution in [-0.4, -0.2) is 13.1 Å². The number of hydrogen-bond acceptors (Lipinski definition) is 2. The van der Waals surface area contributed by atoms with E-state index in [0.717, 1.165) is 36.7 Å². The quantitative estimate of drug-likeness (QED) is 0.855. The zero-order valence-corrected chi connectivity index (χ0v) is 10.6. The summed E-state index contributed by atoms with van der Waals surface area (Å²) >= 11 is 0. The molecular formula is C14H21FN2. The number of nitrogens with two attached hydrogens (primary N) is 1. The van der Waals surface area contributed by atoms with Gasteiger partial charge in [-0.3, -0.25) is 0 Å². The van der Waals surface area contributed by atoms with Gasteiger partial charge in [0, 0.05) is 19.6 Å². The summed E-state index contributed by atoms with van der Waals surface area (Å²) in [5.41, 5.74) is 7.08. The van der Waals surface area contributed by atoms with E-state index >= 15 is 0 Å². The van der Waals surface area contributed by atoms with Crippen LogP contribution in [0.3, 0.4) is 0 Å². The molecule has 1 aromatic rings. The number of anilines is 1. The normalized spacial score (nSPS) is 25.1. The average Bonchev–Trinajstić information content (AvgIpc) is 2.32. The first-order valence-corrected chi connectivity index (χ1v) is 6.35. The Morgan fingerprint density at radius 2 is 2.12 bits per heavy atom. The second kappa shape index (κ2) is 5.05. The van der Waals surface area contributed by atoms with Gasteiger partial charge in [-0.1, -0.05) is 19.9 Å². The van der Waals surface area contributed by atoms with Crippen LogP contribution in [0.15, 0.2) is 18.2 Å². The molecule has 2 N–H and O–H groups in total. The number of hydrogen-bond donors (Lipinski definition) is 1. The van der Waals surface area contributed by atoms with Crippen molar-refractivity contribution in [3.63, 3.8) is 0 Å². The predicted octanol–water partition coefficient (Wildman–Crippen LogP) is 2.77. The maximum Gasteiger partial charge on any atom is 0.146 e. The summed E-state index contributed by atoms with van der Waals surface area (Å²) in [7, 11) is 0. The predicted molar refractivity (Wildman–Crippen MR) is 69.4 cm³/mol. The van der Waals surface area contributed by atoms with Gasteiger partial charge in [-0.25, -0.2) is 4.39 Å². The number of benzene rings is 1. The molecule has 0 radical (unpaired) electrons. The maximum absolute atomic E-state index is 13.9. The molecule has 0 bridgehead atoms. The van der Waals surface area contributed by atoms with Gasteiger partial charge in [0.25, 0.3) is 0 Å². The summed E-state index contributed by atoms with van der Waals surface area (Å²) in [6.07, 6.45) is 1.14. The summed E-state index contributed by atoms with van der Waals surface area (Å²) in [6, 6.07) is 5.33. The van der Waals surface area contributed by atoms with Crippen LogP contribution < -0.4 is 10.6 Å². The fourth-order valence-electron chi connectivity index (χ4n) is 2.42. The Kier molecular flexibility index (Phi) is 3.67. The summed E-state index contributed by atoms with van der Waals surface area (Å²) in [5, 5.41) is 0. The Balaban J connectivity index is 2.17. The molecule has 0 amide bonds. The van der Waals surface area contributed by atoms with Gasteiger partial charge in [0.15, 0.2) is 0 Å². The molecule has 17 heavy (non-hydrogen) atoms. The van der Waals surface area contributed by atoms with E-state index in [2.05, 4.69) is 18.7 Å². The standard InChI is InChI=1S/C14H21FN2/c1-10-5-6-17(9-11(10)2)14-4-3-12(8-16)7-13(14)15/h3-4,7,10-11H,5-6,8-9,16H2,1-2H3. The van der Waals surface area contributed by atoms with Crippen molar-refractivity contribution in [1.82, 2.24) is 0 Å². The van der Waals surface area contributed by atoms with Crippen molar-refractivity contribution in [2.75, 3.05) is 18.0 Å². The van der Waals surface area contributed by atoms with E-state index in [-0.39, 0.29) is 5.82 Å². The highest BCUT2D eigenvalue weighted by atomic mass is 19.1. The minimum Gasteiger partial charge on any atom is -0.369 e. The molecule has 2 nitrogen and oxygen atoms in total. The third-order valence-corrected chi connectivity index (χ3v) is 3.92. The Morgan fingerprint density at radius 3 is 2.71 bits per heavy atom. The molecule has 2 unspecified atom stereocenters. The largest absolute Gasteiger partial charge is 0.369 e. The molecule has 2 rings (SSSR count). The van der Waals surface area contributed by atoms with E-state index in [0.29, 0.717) is 12.5 Å². The Bertz CT molecular complexity index is 392. The highest BCUT2D eigenvalue weighted by molar-refractivity contribution is 5.49. The molecule has 0 spiro atoms. The topological polar surface area (TPSA) is 29.3 Å². The molecular weight excluding hydrogens is 215 g/mol. The highest BCUT2D eigenvalue weighted by Crippen LogP contribution is 2.28. The third kappa shape index (κ3) is 2.60. The third-order valence-electron chi connectivity index (χ3n) is 3.92. The van der Waals surface area contributed by atoms with Crippen LogP contribution in [0, 0.1) is 17.7 Å². The van der Waals surface area contributed by atoms with Crippen LogP contribution in [0.5, 0.6) is 0 Å². The first-order valence-electron chi connectivity index (χ1n) is 6.35. The lowest BCUT2D eigenvalue weighted by molar-refractivity contribution is 0.322. The number of rotatable bonds is 2. The average molecular weight is 236 g/mol. The molecule has 0 aliphatic carbocycles. The van der Waals surface area contributed by atoms with E-state index < -0.39 is 0 Å². The first-order chi connectivity index (χ1) is 8.11. The second-order valence-electron chi connectivity index (χ2n) is 5.18. The van der Waals surface area contributed by atoms with Crippen molar-refractivity contribution >= 4 is 5.69 Å². The molecule has 3 heteroatoms. The van der Waals surface area contributed by atoms with Crippen molar-refractivity contribution in [2.45, 2.75) is 26.8 Å². The van der Waals surface area contributed by atoms with Crippen molar-refractivity contribution in [1.29, 1.82) is 0 Å². The van der Waals surface area contributed by atoms with E-state index in [1.54, 1.807) is 6.07 Å². The van der Waals surface area contributed by atoms with Gasteiger partial charge in [0.2, 0.25) is 0 Å². The Hall–Kier alpha value is -1.09. The lowest BCUT2D eigenvalue weighted by Crippen LogP contribution is -2.38. The molecule has 1 aliphatic heterocycles. The SMILES string of the molecule is CC1CCN(c2ccc(CN)cc2F)CC1C. The molecule has 1 heterocycles. The number of nitrogens with zero attached hydrogens (tertiary/aromatic N) is 1. The molecule has 0 saturated carbocycles. The molecule has 1 aromatic carbocycles. The molecule has 1 fully saturated rings. The van der Waals surface area contributed by atoms with Crippen LogP contribution in [-0.2, 0) is 6.54 Å². The first kappa shape index (κ1) is 12.4. The lowest BCUT2D eigenvalue weighted by Gasteiger charge is -2.37. The van der Waals surface area contributed by atoms with E-state index in [9.17, 15) is 4.39 Å². The zero-order valence-electron chi connectivity index (χ0n) is 10.6. The van der Waals surface area contributed by atoms with E-state index in [1.165, 1.54) is 0 Å². The summed E-state index contributed by atoms with van der Waals surface area (Å²) in [4.78, 5) is 2.15. The van der Waals surface area contributed by atoms with E-state index in [1.807, 2.05) is 12.1 Å². The van der Waals surface area contributed by atoms with Crippen molar-refractivity contribution in [2.24, 2.45) is 17.6 Å². The van der Waals surface area contributed by atoms with Gasteiger partial charge >= 0.3 is 0 Å². The smallest absolute Gasteiger partial charge is 0.146 e. The number of halogens is 1. The van der Waals surface area contributed by atoms with Crippen LogP contribution in [0.1, 0.15) is 25.8 Å².